The summed E-state index contributed by atoms with van der Waals surface area (Å²) < 4.78 is 9.09. The van der Waals surface area contributed by atoms with Crippen molar-refractivity contribution < 1.29 is 29.3 Å². The molecule has 0 aliphatic carbocycles. The van der Waals surface area contributed by atoms with Gasteiger partial charge in [0.15, 0.2) is 0 Å². The van der Waals surface area contributed by atoms with Crippen molar-refractivity contribution in [2.75, 3.05) is 0 Å². The van der Waals surface area contributed by atoms with Crippen LogP contribution in [0.25, 0.3) is 11.6 Å². The van der Waals surface area contributed by atoms with Gasteiger partial charge < -0.3 is 19.7 Å². The number of hydrogen-bond acceptors (Lipinski definition) is 4. The lowest BCUT2D eigenvalue weighted by Crippen LogP contribution is -2.02. The summed E-state index contributed by atoms with van der Waals surface area (Å²) >= 11 is 0. The van der Waals surface area contributed by atoms with E-state index in [-0.39, 0.29) is 11.5 Å². The lowest BCUT2D eigenvalue weighted by atomic mass is 10.0. The van der Waals surface area contributed by atoms with Gasteiger partial charge in [0.2, 0.25) is 0 Å². The second-order valence-corrected chi connectivity index (χ2v) is 4.66. The molecule has 0 atom stereocenters. The van der Waals surface area contributed by atoms with Crippen molar-refractivity contribution in [2.45, 2.75) is 6.92 Å². The summed E-state index contributed by atoms with van der Waals surface area (Å²) in [5, 5.41) is 17.1. The molecule has 0 unspecified atom stereocenters. The normalized spacial score (nSPS) is 10.9. The van der Waals surface area contributed by atoms with Crippen molar-refractivity contribution in [3.05, 3.63) is 59.7 Å². The van der Waals surface area contributed by atoms with Crippen LogP contribution in [-0.2, 0) is 0 Å². The Balaban J connectivity index is 2.12. The van der Waals surface area contributed by atoms with Crippen molar-refractivity contribution in [1.82, 2.24) is 0 Å². The molecule has 0 radical (unpaired) electrons. The van der Waals surface area contributed by atoms with Gasteiger partial charge >= 0.3 is 12.3 Å². The fraction of sp³-hybridized carbons (Fsp3) is 0.0588. The van der Waals surface area contributed by atoms with Crippen LogP contribution >= 0.6 is 0 Å². The molecule has 0 heterocycles. The minimum absolute atomic E-state index is 0.252. The molecule has 118 valence electrons. The van der Waals surface area contributed by atoms with E-state index in [0.29, 0.717) is 0 Å². The highest BCUT2D eigenvalue weighted by Crippen LogP contribution is 2.22. The van der Waals surface area contributed by atoms with Crippen molar-refractivity contribution in [3.8, 4) is 11.5 Å². The van der Waals surface area contributed by atoms with E-state index < -0.39 is 12.3 Å². The molecule has 0 fully saturated rings. The molecule has 0 amide bonds. The molecule has 0 aliphatic rings. The van der Waals surface area contributed by atoms with Crippen LogP contribution in [0.4, 0.5) is 9.59 Å². The molecule has 0 aliphatic heterocycles. The molecule has 0 spiro atoms. The Morgan fingerprint density at radius 3 is 1.70 bits per heavy atom. The number of rotatable bonds is 4. The van der Waals surface area contributed by atoms with Crippen LogP contribution in [0, 0.1) is 0 Å². The lowest BCUT2D eigenvalue weighted by Gasteiger charge is -2.05. The number of ether oxygens (including phenoxy) is 2. The zero-order valence-electron chi connectivity index (χ0n) is 12.2. The minimum atomic E-state index is -1.35. The van der Waals surface area contributed by atoms with Crippen molar-refractivity contribution in [3.63, 3.8) is 0 Å². The third-order valence-electron chi connectivity index (χ3n) is 2.98. The first-order valence-electron chi connectivity index (χ1n) is 6.64. The van der Waals surface area contributed by atoms with Gasteiger partial charge in [0, 0.05) is 0 Å². The molecule has 23 heavy (non-hydrogen) atoms. The summed E-state index contributed by atoms with van der Waals surface area (Å²) in [5.41, 5.74) is 2.75. The van der Waals surface area contributed by atoms with Gasteiger partial charge in [-0.05, 0) is 47.9 Å². The van der Waals surface area contributed by atoms with Gasteiger partial charge in [-0.2, -0.15) is 0 Å². The van der Waals surface area contributed by atoms with E-state index in [4.69, 9.17) is 10.2 Å². The molecule has 0 saturated carbocycles. The Hall–Kier alpha value is -3.28. The number of carboxylic acid groups (broad SMARTS) is 2. The maximum atomic E-state index is 10.4. The van der Waals surface area contributed by atoms with Gasteiger partial charge in [0.05, 0.1) is 0 Å². The predicted octanol–water partition coefficient (Wildman–Crippen LogP) is 4.36. The number of hydrogen-bond donors (Lipinski definition) is 2. The molecule has 6 nitrogen and oxygen atoms in total. The molecule has 0 saturated heterocycles. The van der Waals surface area contributed by atoms with Crippen LogP contribution in [-0.4, -0.2) is 22.5 Å². The number of carbonyl (C=O) groups is 2. The average Bonchev–Trinajstić information content (AvgIpc) is 2.49. The fourth-order valence-corrected chi connectivity index (χ4v) is 1.95. The van der Waals surface area contributed by atoms with E-state index >= 15 is 0 Å². The van der Waals surface area contributed by atoms with Gasteiger partial charge in [-0.3, -0.25) is 0 Å². The smallest absolute Gasteiger partial charge is 0.449 e. The standard InChI is InChI=1S/C17H14O6/c1-11(13-4-8-15(9-5-13)23-17(20)21)10-12-2-6-14(7-3-12)22-16(18)19/h2-10H,1H3,(H,18,19)(H,20,21). The summed E-state index contributed by atoms with van der Waals surface area (Å²) in [6.07, 6.45) is -0.792. The quantitative estimate of drug-likeness (QED) is 0.495. The summed E-state index contributed by atoms with van der Waals surface area (Å²) in [6.45, 7) is 1.91. The first kappa shape index (κ1) is 16.1. The van der Waals surface area contributed by atoms with Gasteiger partial charge in [0.25, 0.3) is 0 Å². The van der Waals surface area contributed by atoms with Crippen molar-refractivity contribution >= 4 is 24.0 Å². The summed E-state index contributed by atoms with van der Waals surface area (Å²) in [5.74, 6) is 0.506. The monoisotopic (exact) mass is 314 g/mol. The zero-order chi connectivity index (χ0) is 16.8. The molecule has 0 bridgehead atoms. The summed E-state index contributed by atoms with van der Waals surface area (Å²) in [7, 11) is 0. The van der Waals surface area contributed by atoms with E-state index in [9.17, 15) is 9.59 Å². The first-order valence-corrected chi connectivity index (χ1v) is 6.64. The Labute approximate surface area is 132 Å². The third kappa shape index (κ3) is 4.89. The van der Waals surface area contributed by atoms with Crippen molar-refractivity contribution in [1.29, 1.82) is 0 Å². The SMILES string of the molecule is CC(=Cc1ccc(OC(=O)O)cc1)c1ccc(OC(=O)O)cc1. The minimum Gasteiger partial charge on any atom is -0.449 e. The molecule has 2 rings (SSSR count). The number of benzene rings is 2. The third-order valence-corrected chi connectivity index (χ3v) is 2.98. The van der Waals surface area contributed by atoms with Gasteiger partial charge in [0.1, 0.15) is 11.5 Å². The largest absolute Gasteiger partial charge is 0.511 e. The highest BCUT2D eigenvalue weighted by atomic mass is 16.7. The van der Waals surface area contributed by atoms with Crippen LogP contribution in [0.5, 0.6) is 11.5 Å². The van der Waals surface area contributed by atoms with E-state index in [1.54, 1.807) is 48.5 Å². The molecule has 2 aromatic rings. The Morgan fingerprint density at radius 2 is 1.26 bits per heavy atom. The fourth-order valence-electron chi connectivity index (χ4n) is 1.95. The average molecular weight is 314 g/mol. The molecular weight excluding hydrogens is 300 g/mol. The maximum absolute atomic E-state index is 10.4. The lowest BCUT2D eigenvalue weighted by molar-refractivity contribution is 0.143. The van der Waals surface area contributed by atoms with E-state index in [0.717, 1.165) is 16.7 Å². The second kappa shape index (κ2) is 7.13. The van der Waals surface area contributed by atoms with Crippen LogP contribution in [0.1, 0.15) is 18.1 Å². The van der Waals surface area contributed by atoms with E-state index in [2.05, 4.69) is 9.47 Å². The molecular formula is C17H14O6. The highest BCUT2D eigenvalue weighted by Gasteiger charge is 2.03. The maximum Gasteiger partial charge on any atom is 0.511 e. The first-order chi connectivity index (χ1) is 10.9. The Kier molecular flexibility index (Phi) is 4.99. The van der Waals surface area contributed by atoms with Crippen LogP contribution in [0.15, 0.2) is 48.5 Å². The molecule has 6 heteroatoms. The zero-order valence-corrected chi connectivity index (χ0v) is 12.2. The summed E-state index contributed by atoms with van der Waals surface area (Å²) in [6, 6.07) is 13.3. The predicted molar refractivity (Wildman–Crippen MR) is 83.7 cm³/mol. The Morgan fingerprint density at radius 1 is 0.826 bits per heavy atom. The van der Waals surface area contributed by atoms with Crippen LogP contribution in [0.2, 0.25) is 0 Å². The second-order valence-electron chi connectivity index (χ2n) is 4.66. The molecule has 2 N–H and O–H groups in total. The Bertz CT molecular complexity index is 729. The highest BCUT2D eigenvalue weighted by molar-refractivity contribution is 5.80. The van der Waals surface area contributed by atoms with Gasteiger partial charge in [-0.1, -0.05) is 30.3 Å². The number of allylic oxidation sites excluding steroid dienone is 1. The summed E-state index contributed by atoms with van der Waals surface area (Å²) in [4.78, 5) is 20.9. The van der Waals surface area contributed by atoms with E-state index in [1.807, 2.05) is 13.0 Å². The molecule has 0 aromatic heterocycles. The van der Waals surface area contributed by atoms with Crippen LogP contribution in [0.3, 0.4) is 0 Å². The topological polar surface area (TPSA) is 93.1 Å². The van der Waals surface area contributed by atoms with Gasteiger partial charge in [-0.15, -0.1) is 0 Å². The van der Waals surface area contributed by atoms with E-state index in [1.165, 1.54) is 0 Å². The molecule has 2 aromatic carbocycles. The van der Waals surface area contributed by atoms with Crippen molar-refractivity contribution in [2.24, 2.45) is 0 Å². The van der Waals surface area contributed by atoms with Gasteiger partial charge in [-0.25, -0.2) is 9.59 Å². The van der Waals surface area contributed by atoms with Crippen LogP contribution < -0.4 is 9.47 Å².